The average Bonchev–Trinajstić information content (AvgIpc) is 2.92. The highest BCUT2D eigenvalue weighted by Crippen LogP contribution is 2.21. The monoisotopic (exact) mass is 239 g/mol. The molecule has 0 amide bonds. The van der Waals surface area contributed by atoms with Gasteiger partial charge in [-0.25, -0.2) is 0 Å². The first-order chi connectivity index (χ1) is 8.69. The molecule has 2 heterocycles. The lowest BCUT2D eigenvalue weighted by atomic mass is 10.2. The molecule has 92 valence electrons. The summed E-state index contributed by atoms with van der Waals surface area (Å²) in [4.78, 5) is 0. The van der Waals surface area contributed by atoms with Crippen molar-refractivity contribution in [2.45, 2.75) is 27.3 Å². The summed E-state index contributed by atoms with van der Waals surface area (Å²) >= 11 is 0. The van der Waals surface area contributed by atoms with Crippen molar-refractivity contribution >= 4 is 10.9 Å². The minimum atomic E-state index is 0.908. The van der Waals surface area contributed by atoms with E-state index in [0.717, 1.165) is 12.1 Å². The fraction of sp³-hybridized carbons (Fsp3) is 0.267. The Hall–Kier alpha value is -2.03. The first-order valence-corrected chi connectivity index (χ1v) is 6.31. The van der Waals surface area contributed by atoms with Gasteiger partial charge in [0, 0.05) is 35.2 Å². The van der Waals surface area contributed by atoms with E-state index in [1.54, 1.807) is 0 Å². The fourth-order valence-corrected chi connectivity index (χ4v) is 2.43. The predicted molar refractivity (Wildman–Crippen MR) is 74.2 cm³/mol. The molecule has 0 N–H and O–H groups in total. The van der Waals surface area contributed by atoms with Gasteiger partial charge in [0.1, 0.15) is 0 Å². The third-order valence-corrected chi connectivity index (χ3v) is 3.39. The van der Waals surface area contributed by atoms with Crippen LogP contribution >= 0.6 is 0 Å². The zero-order valence-corrected chi connectivity index (χ0v) is 11.0. The van der Waals surface area contributed by atoms with Gasteiger partial charge in [-0.2, -0.15) is 5.10 Å². The van der Waals surface area contributed by atoms with Crippen LogP contribution in [0.15, 0.2) is 36.5 Å². The fourth-order valence-electron chi connectivity index (χ4n) is 2.43. The summed E-state index contributed by atoms with van der Waals surface area (Å²) in [6.45, 7) is 7.27. The number of nitrogens with zero attached hydrogens (tertiary/aromatic N) is 3. The highest BCUT2D eigenvalue weighted by molar-refractivity contribution is 5.80. The minimum absolute atomic E-state index is 0.908. The number of rotatable bonds is 2. The van der Waals surface area contributed by atoms with Gasteiger partial charge in [-0.1, -0.05) is 0 Å². The van der Waals surface area contributed by atoms with Gasteiger partial charge in [0.15, 0.2) is 0 Å². The molecule has 0 aliphatic rings. The molecule has 1 aromatic carbocycles. The van der Waals surface area contributed by atoms with Crippen molar-refractivity contribution in [3.8, 4) is 5.69 Å². The highest BCUT2D eigenvalue weighted by Gasteiger charge is 2.06. The maximum atomic E-state index is 4.56. The van der Waals surface area contributed by atoms with Crippen molar-refractivity contribution in [2.75, 3.05) is 0 Å². The summed E-state index contributed by atoms with van der Waals surface area (Å²) in [5.74, 6) is 0. The molecule has 2 aromatic heterocycles. The number of aryl methyl sites for hydroxylation is 3. The normalized spacial score (nSPS) is 11.3. The second-order valence-corrected chi connectivity index (χ2v) is 4.68. The molecule has 0 radical (unpaired) electrons. The van der Waals surface area contributed by atoms with Gasteiger partial charge in [-0.05, 0) is 51.1 Å². The van der Waals surface area contributed by atoms with E-state index in [-0.39, 0.29) is 0 Å². The first kappa shape index (κ1) is 11.1. The molecular formula is C15H17N3. The summed E-state index contributed by atoms with van der Waals surface area (Å²) in [6.07, 6.45) is 2.09. The Morgan fingerprint density at radius 2 is 1.78 bits per heavy atom. The van der Waals surface area contributed by atoms with Crippen molar-refractivity contribution in [2.24, 2.45) is 0 Å². The zero-order valence-electron chi connectivity index (χ0n) is 11.0. The van der Waals surface area contributed by atoms with Crippen LogP contribution < -0.4 is 0 Å². The molecule has 3 aromatic rings. The lowest BCUT2D eigenvalue weighted by molar-refractivity contribution is 0.668. The number of hydrogen-bond donors (Lipinski definition) is 0. The number of aromatic nitrogens is 3. The predicted octanol–water partition coefficient (Wildman–Crippen LogP) is 3.46. The van der Waals surface area contributed by atoms with Crippen molar-refractivity contribution in [3.63, 3.8) is 0 Å². The van der Waals surface area contributed by atoms with Crippen LogP contribution in [0.2, 0.25) is 0 Å². The van der Waals surface area contributed by atoms with Crippen LogP contribution in [-0.2, 0) is 6.54 Å². The number of fused-ring (bicyclic) bond motifs is 1. The molecule has 0 aliphatic carbocycles. The molecule has 3 nitrogen and oxygen atoms in total. The van der Waals surface area contributed by atoms with Crippen molar-refractivity contribution in [3.05, 3.63) is 47.9 Å². The quantitative estimate of drug-likeness (QED) is 0.671. The van der Waals surface area contributed by atoms with Crippen LogP contribution in [0, 0.1) is 13.8 Å². The number of hydrogen-bond acceptors (Lipinski definition) is 1. The maximum Gasteiger partial charge on any atom is 0.0944 e. The lowest BCUT2D eigenvalue weighted by Gasteiger charge is -2.08. The molecule has 0 bridgehead atoms. The minimum Gasteiger partial charge on any atom is -0.318 e. The summed E-state index contributed by atoms with van der Waals surface area (Å²) < 4.78 is 4.23. The third-order valence-electron chi connectivity index (χ3n) is 3.39. The van der Waals surface area contributed by atoms with Gasteiger partial charge in [0.25, 0.3) is 0 Å². The van der Waals surface area contributed by atoms with Gasteiger partial charge in [0.05, 0.1) is 5.52 Å². The maximum absolute atomic E-state index is 4.56. The molecule has 3 heteroatoms. The molecule has 0 atom stereocenters. The van der Waals surface area contributed by atoms with Crippen LogP contribution in [0.3, 0.4) is 0 Å². The summed E-state index contributed by atoms with van der Waals surface area (Å²) in [7, 11) is 0. The van der Waals surface area contributed by atoms with Gasteiger partial charge >= 0.3 is 0 Å². The Kier molecular flexibility index (Phi) is 2.47. The van der Waals surface area contributed by atoms with E-state index in [4.69, 9.17) is 0 Å². The molecule has 0 unspecified atom stereocenters. The van der Waals surface area contributed by atoms with Gasteiger partial charge in [-0.15, -0.1) is 0 Å². The molecule has 0 saturated carbocycles. The van der Waals surface area contributed by atoms with Crippen LogP contribution in [0.25, 0.3) is 16.6 Å². The Morgan fingerprint density at radius 3 is 2.44 bits per heavy atom. The second kappa shape index (κ2) is 4.02. The van der Waals surface area contributed by atoms with Crippen LogP contribution in [0.4, 0.5) is 0 Å². The SMILES string of the molecule is CCn1cc2ccc(-n3c(C)ccc3C)cc2n1. The van der Waals surface area contributed by atoms with Crippen molar-refractivity contribution in [1.82, 2.24) is 14.3 Å². The van der Waals surface area contributed by atoms with E-state index in [9.17, 15) is 0 Å². The van der Waals surface area contributed by atoms with Crippen molar-refractivity contribution in [1.29, 1.82) is 0 Å². The second-order valence-electron chi connectivity index (χ2n) is 4.68. The highest BCUT2D eigenvalue weighted by atomic mass is 15.3. The third kappa shape index (κ3) is 1.63. The first-order valence-electron chi connectivity index (χ1n) is 6.31. The van der Waals surface area contributed by atoms with E-state index < -0.39 is 0 Å². The van der Waals surface area contributed by atoms with Crippen LogP contribution in [0.5, 0.6) is 0 Å². The summed E-state index contributed by atoms with van der Waals surface area (Å²) in [6, 6.07) is 10.7. The number of benzene rings is 1. The van der Waals surface area contributed by atoms with Crippen LogP contribution in [-0.4, -0.2) is 14.3 Å². The molecule has 0 fully saturated rings. The van der Waals surface area contributed by atoms with E-state index in [1.165, 1.54) is 22.5 Å². The molecule has 0 spiro atoms. The van der Waals surface area contributed by atoms with Gasteiger partial charge < -0.3 is 4.57 Å². The Morgan fingerprint density at radius 1 is 1.06 bits per heavy atom. The largest absolute Gasteiger partial charge is 0.318 e. The zero-order chi connectivity index (χ0) is 12.7. The molecule has 18 heavy (non-hydrogen) atoms. The lowest BCUT2D eigenvalue weighted by Crippen LogP contribution is -1.98. The van der Waals surface area contributed by atoms with Crippen LogP contribution in [0.1, 0.15) is 18.3 Å². The van der Waals surface area contributed by atoms with E-state index in [2.05, 4.69) is 67.0 Å². The van der Waals surface area contributed by atoms with E-state index in [1.807, 2.05) is 4.68 Å². The standard InChI is InChI=1S/C15H17N3/c1-4-17-10-13-7-8-14(9-15(13)16-17)18-11(2)5-6-12(18)3/h5-10H,4H2,1-3H3. The smallest absolute Gasteiger partial charge is 0.0944 e. The Labute approximate surface area is 107 Å². The molecule has 0 saturated heterocycles. The average molecular weight is 239 g/mol. The van der Waals surface area contributed by atoms with E-state index in [0.29, 0.717) is 0 Å². The molecular weight excluding hydrogens is 222 g/mol. The Balaban J connectivity index is 2.19. The topological polar surface area (TPSA) is 22.8 Å². The molecule has 0 aliphatic heterocycles. The summed E-state index contributed by atoms with van der Waals surface area (Å²) in [5, 5.41) is 5.76. The Bertz CT molecular complexity index is 684. The molecule has 3 rings (SSSR count). The van der Waals surface area contributed by atoms with Gasteiger partial charge in [0.2, 0.25) is 0 Å². The summed E-state index contributed by atoms with van der Waals surface area (Å²) in [5.41, 5.74) is 4.74. The van der Waals surface area contributed by atoms with Gasteiger partial charge in [-0.3, -0.25) is 4.68 Å². The van der Waals surface area contributed by atoms with E-state index >= 15 is 0 Å². The van der Waals surface area contributed by atoms with Crippen molar-refractivity contribution < 1.29 is 0 Å².